The van der Waals surface area contributed by atoms with Crippen LogP contribution in [0.5, 0.6) is 11.6 Å². The number of ether oxygens (including phenoxy) is 1. The van der Waals surface area contributed by atoms with Gasteiger partial charge in [-0.25, -0.2) is 4.98 Å². The number of pyridine rings is 1. The molecule has 0 saturated carbocycles. The van der Waals surface area contributed by atoms with Crippen LogP contribution in [0.2, 0.25) is 0 Å². The molecular formula is C17H19N3O. The van der Waals surface area contributed by atoms with Crippen LogP contribution in [0, 0.1) is 18.3 Å². The lowest BCUT2D eigenvalue weighted by molar-refractivity contribution is 0.439. The lowest BCUT2D eigenvalue weighted by Crippen LogP contribution is -2.12. The molecule has 2 rings (SSSR count). The van der Waals surface area contributed by atoms with Gasteiger partial charge >= 0.3 is 0 Å². The van der Waals surface area contributed by atoms with Crippen LogP contribution in [-0.2, 0) is 5.41 Å². The molecule has 1 heterocycles. The van der Waals surface area contributed by atoms with E-state index in [2.05, 4.69) is 37.9 Å². The zero-order valence-corrected chi connectivity index (χ0v) is 12.8. The van der Waals surface area contributed by atoms with Crippen LogP contribution in [0.15, 0.2) is 30.3 Å². The van der Waals surface area contributed by atoms with Crippen molar-refractivity contribution in [3.05, 3.63) is 47.2 Å². The van der Waals surface area contributed by atoms with Crippen molar-refractivity contribution in [3.63, 3.8) is 0 Å². The zero-order valence-electron chi connectivity index (χ0n) is 12.8. The molecule has 0 aliphatic heterocycles. The van der Waals surface area contributed by atoms with Gasteiger partial charge in [-0.15, -0.1) is 0 Å². The van der Waals surface area contributed by atoms with Gasteiger partial charge in [0.25, 0.3) is 0 Å². The van der Waals surface area contributed by atoms with E-state index in [1.165, 1.54) is 0 Å². The number of anilines is 1. The topological polar surface area (TPSA) is 71.9 Å². The van der Waals surface area contributed by atoms with E-state index in [4.69, 9.17) is 15.7 Å². The summed E-state index contributed by atoms with van der Waals surface area (Å²) in [4.78, 5) is 4.13. The van der Waals surface area contributed by atoms with Crippen LogP contribution in [0.4, 0.5) is 5.69 Å². The van der Waals surface area contributed by atoms with Crippen LogP contribution < -0.4 is 10.5 Å². The summed E-state index contributed by atoms with van der Waals surface area (Å²) in [6.07, 6.45) is 0. The minimum absolute atomic E-state index is 0.0467. The van der Waals surface area contributed by atoms with Crippen LogP contribution in [-0.4, -0.2) is 4.98 Å². The Morgan fingerprint density at radius 2 is 1.90 bits per heavy atom. The van der Waals surface area contributed by atoms with E-state index in [1.807, 2.05) is 19.1 Å². The second-order valence-corrected chi connectivity index (χ2v) is 6.05. The second kappa shape index (κ2) is 5.45. The van der Waals surface area contributed by atoms with Crippen molar-refractivity contribution in [2.75, 3.05) is 5.73 Å². The Morgan fingerprint density at radius 3 is 2.52 bits per heavy atom. The minimum atomic E-state index is -0.0467. The number of hydrogen-bond acceptors (Lipinski definition) is 4. The van der Waals surface area contributed by atoms with E-state index in [1.54, 1.807) is 12.1 Å². The van der Waals surface area contributed by atoms with Crippen LogP contribution in [0.25, 0.3) is 0 Å². The zero-order chi connectivity index (χ0) is 15.6. The third-order valence-corrected chi connectivity index (χ3v) is 3.17. The highest BCUT2D eigenvalue weighted by molar-refractivity contribution is 5.51. The van der Waals surface area contributed by atoms with Gasteiger partial charge in [0.2, 0.25) is 5.88 Å². The second-order valence-electron chi connectivity index (χ2n) is 6.05. The average molecular weight is 281 g/mol. The first-order chi connectivity index (χ1) is 9.81. The van der Waals surface area contributed by atoms with Crippen molar-refractivity contribution in [2.24, 2.45) is 0 Å². The van der Waals surface area contributed by atoms with Crippen molar-refractivity contribution in [2.45, 2.75) is 33.1 Å². The molecule has 1 aromatic heterocycles. The Hall–Kier alpha value is -2.54. The molecule has 4 nitrogen and oxygen atoms in total. The van der Waals surface area contributed by atoms with Gasteiger partial charge < -0.3 is 10.5 Å². The quantitative estimate of drug-likeness (QED) is 0.905. The molecule has 2 N–H and O–H groups in total. The maximum absolute atomic E-state index is 8.99. The molecule has 108 valence electrons. The third-order valence-electron chi connectivity index (χ3n) is 3.17. The largest absolute Gasteiger partial charge is 0.439 e. The van der Waals surface area contributed by atoms with Crippen molar-refractivity contribution in [3.8, 4) is 17.7 Å². The first kappa shape index (κ1) is 14.9. The van der Waals surface area contributed by atoms with Gasteiger partial charge in [-0.1, -0.05) is 32.9 Å². The van der Waals surface area contributed by atoms with Crippen molar-refractivity contribution >= 4 is 5.69 Å². The van der Waals surface area contributed by atoms with Gasteiger partial charge in [-0.3, -0.25) is 0 Å². The Morgan fingerprint density at radius 1 is 1.19 bits per heavy atom. The maximum Gasteiger partial charge on any atom is 0.220 e. The van der Waals surface area contributed by atoms with Crippen LogP contribution >= 0.6 is 0 Å². The fraction of sp³-hybridized carbons (Fsp3) is 0.294. The molecule has 1 aromatic carbocycles. The molecule has 0 aliphatic carbocycles. The number of hydrogen-bond donors (Lipinski definition) is 1. The van der Waals surface area contributed by atoms with E-state index in [-0.39, 0.29) is 11.1 Å². The van der Waals surface area contributed by atoms with Gasteiger partial charge in [0, 0.05) is 11.6 Å². The Kier molecular flexibility index (Phi) is 3.86. The summed E-state index contributed by atoms with van der Waals surface area (Å²) >= 11 is 0. The van der Waals surface area contributed by atoms with E-state index >= 15 is 0 Å². The molecule has 0 radical (unpaired) electrons. The summed E-state index contributed by atoms with van der Waals surface area (Å²) in [5.74, 6) is 1.13. The summed E-state index contributed by atoms with van der Waals surface area (Å²) in [6, 6.07) is 11.4. The molecule has 0 atom stereocenters. The van der Waals surface area contributed by atoms with Gasteiger partial charge in [-0.2, -0.15) is 5.26 Å². The highest BCUT2D eigenvalue weighted by atomic mass is 16.5. The predicted molar refractivity (Wildman–Crippen MR) is 83.3 cm³/mol. The minimum Gasteiger partial charge on any atom is -0.439 e. The number of nitrogens with zero attached hydrogens (tertiary/aromatic N) is 2. The Balaban J connectivity index is 2.44. The number of nitriles is 1. The molecule has 0 aliphatic rings. The number of nitrogen functional groups attached to an aromatic ring is 1. The molecule has 0 unspecified atom stereocenters. The maximum atomic E-state index is 8.99. The number of benzene rings is 1. The normalized spacial score (nSPS) is 11.0. The summed E-state index contributed by atoms with van der Waals surface area (Å²) < 4.78 is 5.90. The molecule has 0 fully saturated rings. The SMILES string of the molecule is Cc1ccc(C(C)(C)C)c(Oc2ccc(N)c(C#N)n2)c1. The highest BCUT2D eigenvalue weighted by Gasteiger charge is 2.19. The number of rotatable bonds is 2. The summed E-state index contributed by atoms with van der Waals surface area (Å²) in [5, 5.41) is 8.99. The van der Waals surface area contributed by atoms with Gasteiger partial charge in [0.1, 0.15) is 11.8 Å². The fourth-order valence-electron chi connectivity index (χ4n) is 2.04. The monoisotopic (exact) mass is 281 g/mol. The average Bonchev–Trinajstić information content (AvgIpc) is 2.39. The Bertz CT molecular complexity index is 709. The van der Waals surface area contributed by atoms with Crippen LogP contribution in [0.3, 0.4) is 0 Å². The Labute approximate surface area is 125 Å². The molecule has 2 aromatic rings. The van der Waals surface area contributed by atoms with Crippen LogP contribution in [0.1, 0.15) is 37.6 Å². The standard InChI is InChI=1S/C17H19N3O/c1-11-5-6-12(17(2,3)4)15(9-11)21-16-8-7-13(19)14(10-18)20-16/h5-9H,19H2,1-4H3. The lowest BCUT2D eigenvalue weighted by atomic mass is 9.86. The smallest absolute Gasteiger partial charge is 0.220 e. The number of aromatic nitrogens is 1. The van der Waals surface area contributed by atoms with Gasteiger partial charge in [0.15, 0.2) is 5.69 Å². The van der Waals surface area contributed by atoms with Gasteiger partial charge in [0.05, 0.1) is 5.69 Å². The van der Waals surface area contributed by atoms with Gasteiger partial charge in [-0.05, 0) is 30.0 Å². The number of aryl methyl sites for hydroxylation is 1. The van der Waals surface area contributed by atoms with E-state index in [0.29, 0.717) is 11.6 Å². The summed E-state index contributed by atoms with van der Waals surface area (Å²) in [6.45, 7) is 8.39. The van der Waals surface area contributed by atoms with Crippen molar-refractivity contribution in [1.82, 2.24) is 4.98 Å². The number of nitrogens with two attached hydrogens (primary N) is 1. The first-order valence-electron chi connectivity index (χ1n) is 6.77. The van der Waals surface area contributed by atoms with E-state index < -0.39 is 0 Å². The van der Waals surface area contributed by atoms with Crippen molar-refractivity contribution in [1.29, 1.82) is 5.26 Å². The van der Waals surface area contributed by atoms with E-state index in [9.17, 15) is 0 Å². The molecule has 0 spiro atoms. The summed E-state index contributed by atoms with van der Waals surface area (Å²) in [7, 11) is 0. The molecule has 0 amide bonds. The molecule has 21 heavy (non-hydrogen) atoms. The van der Waals surface area contributed by atoms with Crippen molar-refractivity contribution < 1.29 is 4.74 Å². The highest BCUT2D eigenvalue weighted by Crippen LogP contribution is 2.34. The molecule has 0 bridgehead atoms. The molecule has 4 heteroatoms. The summed E-state index contributed by atoms with van der Waals surface area (Å²) in [5.41, 5.74) is 8.35. The predicted octanol–water partition coefficient (Wildman–Crippen LogP) is 3.93. The third kappa shape index (κ3) is 3.32. The fourth-order valence-corrected chi connectivity index (χ4v) is 2.04. The molecule has 0 saturated heterocycles. The lowest BCUT2D eigenvalue weighted by Gasteiger charge is -2.22. The van der Waals surface area contributed by atoms with E-state index in [0.717, 1.165) is 16.9 Å². The first-order valence-corrected chi connectivity index (χ1v) is 6.77. The molecular weight excluding hydrogens is 262 g/mol.